The van der Waals surface area contributed by atoms with Crippen LogP contribution in [-0.2, 0) is 11.2 Å². The third kappa shape index (κ3) is 4.26. The van der Waals surface area contributed by atoms with E-state index in [1.807, 2.05) is 6.92 Å². The summed E-state index contributed by atoms with van der Waals surface area (Å²) in [6, 6.07) is 6.37. The van der Waals surface area contributed by atoms with E-state index in [2.05, 4.69) is 15.2 Å². The summed E-state index contributed by atoms with van der Waals surface area (Å²) in [5, 5.41) is 27.2. The second-order valence-corrected chi connectivity index (χ2v) is 6.47. The lowest BCUT2D eigenvalue weighted by molar-refractivity contribution is -0.387. The average molecular weight is 404 g/mol. The van der Waals surface area contributed by atoms with Gasteiger partial charge in [-0.3, -0.25) is 15.2 Å². The number of carbonyl (C=O) groups is 1. The number of halogens is 1. The van der Waals surface area contributed by atoms with Crippen LogP contribution in [0.1, 0.15) is 18.5 Å². The van der Waals surface area contributed by atoms with Crippen molar-refractivity contribution in [2.45, 2.75) is 18.5 Å². The number of carboxylic acid groups (broad SMARTS) is 1. The van der Waals surface area contributed by atoms with Crippen LogP contribution in [0.3, 0.4) is 0 Å². The first-order valence-electron chi connectivity index (χ1n) is 7.95. The summed E-state index contributed by atoms with van der Waals surface area (Å²) in [5.74, 6) is -1.08. The summed E-state index contributed by atoms with van der Waals surface area (Å²) in [6.45, 7) is 1.88. The minimum absolute atomic E-state index is 0.0763. The number of nitrogens with zero attached hydrogens (tertiary/aromatic N) is 3. The number of H-pyrrole nitrogens is 1. The number of nitro groups is 1. The Morgan fingerprint density at radius 3 is 2.86 bits per heavy atom. The van der Waals surface area contributed by atoms with Gasteiger partial charge in [-0.15, -0.1) is 5.10 Å². The Kier molecular flexibility index (Phi) is 5.54. The Hall–Kier alpha value is -3.47. The molecule has 0 saturated carbocycles. The molecule has 2 N–H and O–H groups in total. The summed E-state index contributed by atoms with van der Waals surface area (Å²) in [5.41, 5.74) is -0.386. The normalized spacial score (nSPS) is 11.6. The van der Waals surface area contributed by atoms with E-state index in [0.29, 0.717) is 17.8 Å². The second kappa shape index (κ2) is 8.05. The molecule has 144 valence electrons. The number of aromatic amines is 1. The minimum Gasteiger partial charge on any atom is -0.477 e. The topological polar surface area (TPSA) is 135 Å². The van der Waals surface area contributed by atoms with Gasteiger partial charge in [-0.25, -0.2) is 9.78 Å². The number of thioether (sulfide) groups is 1. The molecule has 0 aliphatic heterocycles. The summed E-state index contributed by atoms with van der Waals surface area (Å²) in [7, 11) is 0. The van der Waals surface area contributed by atoms with Crippen LogP contribution < -0.4 is 0 Å². The Bertz CT molecular complexity index is 1080. The summed E-state index contributed by atoms with van der Waals surface area (Å²) in [4.78, 5) is 25.6. The first kappa shape index (κ1) is 19.3. The van der Waals surface area contributed by atoms with Gasteiger partial charge in [-0.2, -0.15) is 4.39 Å². The quantitative estimate of drug-likeness (QED) is 0.262. The van der Waals surface area contributed by atoms with Crippen molar-refractivity contribution in [3.8, 4) is 11.3 Å². The zero-order valence-corrected chi connectivity index (χ0v) is 15.2. The van der Waals surface area contributed by atoms with E-state index in [4.69, 9.17) is 4.42 Å². The number of hydrogen-bond donors (Lipinski definition) is 2. The number of nitro benzene ring substituents is 1. The highest BCUT2D eigenvalue weighted by Crippen LogP contribution is 2.30. The minimum atomic E-state index is -1.19. The average Bonchev–Trinajstić information content (AvgIpc) is 3.30. The van der Waals surface area contributed by atoms with Crippen molar-refractivity contribution < 1.29 is 23.6 Å². The molecule has 1 aromatic carbocycles. The van der Waals surface area contributed by atoms with Crippen LogP contribution in [0.5, 0.6) is 0 Å². The molecule has 3 rings (SSSR count). The number of nitrogens with one attached hydrogen (secondary N) is 1. The van der Waals surface area contributed by atoms with E-state index in [1.54, 1.807) is 0 Å². The van der Waals surface area contributed by atoms with Crippen LogP contribution in [0, 0.1) is 15.9 Å². The van der Waals surface area contributed by atoms with Gasteiger partial charge in [-0.1, -0.05) is 6.92 Å². The maximum Gasteiger partial charge on any atom is 0.342 e. The molecule has 11 heteroatoms. The fraction of sp³-hybridized carbons (Fsp3) is 0.118. The van der Waals surface area contributed by atoms with E-state index in [-0.39, 0.29) is 21.6 Å². The Morgan fingerprint density at radius 1 is 1.43 bits per heavy atom. The number of furan rings is 1. The number of aryl methyl sites for hydroxylation is 1. The predicted octanol–water partition coefficient (Wildman–Crippen LogP) is 3.89. The fourth-order valence-corrected chi connectivity index (χ4v) is 2.94. The fourth-order valence-electron chi connectivity index (χ4n) is 2.24. The highest BCUT2D eigenvalue weighted by atomic mass is 32.2. The number of benzene rings is 1. The smallest absolute Gasteiger partial charge is 0.342 e. The molecule has 0 unspecified atom stereocenters. The highest BCUT2D eigenvalue weighted by Gasteiger charge is 2.18. The van der Waals surface area contributed by atoms with E-state index in [0.717, 1.165) is 23.9 Å². The molecular weight excluding hydrogens is 391 g/mol. The van der Waals surface area contributed by atoms with Crippen LogP contribution in [0.25, 0.3) is 17.4 Å². The molecular formula is C17H13FN4O5S. The number of rotatable bonds is 7. The maximum absolute atomic E-state index is 13.5. The van der Waals surface area contributed by atoms with E-state index >= 15 is 0 Å². The molecule has 3 aromatic rings. The van der Waals surface area contributed by atoms with Crippen molar-refractivity contribution in [1.29, 1.82) is 0 Å². The molecule has 0 amide bonds. The van der Waals surface area contributed by atoms with Gasteiger partial charge in [0.15, 0.2) is 0 Å². The first-order chi connectivity index (χ1) is 13.4. The molecule has 2 aromatic heterocycles. The molecule has 0 fully saturated rings. The van der Waals surface area contributed by atoms with Gasteiger partial charge < -0.3 is 9.52 Å². The van der Waals surface area contributed by atoms with Gasteiger partial charge in [0.25, 0.3) is 0 Å². The van der Waals surface area contributed by atoms with Crippen molar-refractivity contribution in [2.24, 2.45) is 0 Å². The molecule has 2 heterocycles. The molecule has 0 saturated heterocycles. The highest BCUT2D eigenvalue weighted by molar-refractivity contribution is 8.04. The van der Waals surface area contributed by atoms with E-state index in [1.165, 1.54) is 24.3 Å². The third-order valence-corrected chi connectivity index (χ3v) is 4.46. The first-order valence-corrected chi connectivity index (χ1v) is 8.77. The largest absolute Gasteiger partial charge is 0.477 e. The van der Waals surface area contributed by atoms with Crippen LogP contribution >= 0.6 is 11.8 Å². The second-order valence-electron chi connectivity index (χ2n) is 5.46. The molecule has 0 aliphatic rings. The Labute approximate surface area is 161 Å². The van der Waals surface area contributed by atoms with Gasteiger partial charge in [0, 0.05) is 24.1 Å². The standard InChI is InChI=1S/C17H13FN4O5S/c1-2-15-19-17(21-20-15)28-14(16(23)24)8-10-4-6-13(27-10)9-3-5-11(18)12(7-9)22(25)26/h3-8H,2H2,1H3,(H,23,24)(H,19,20,21)/b14-8-. The van der Waals surface area contributed by atoms with Crippen LogP contribution in [0.2, 0.25) is 0 Å². The number of aliphatic carboxylic acids is 1. The summed E-state index contributed by atoms with van der Waals surface area (Å²) >= 11 is 0.850. The Morgan fingerprint density at radius 2 is 2.21 bits per heavy atom. The van der Waals surface area contributed by atoms with Gasteiger partial charge in [-0.05, 0) is 36.0 Å². The molecule has 0 radical (unpaired) electrons. The van der Waals surface area contributed by atoms with Crippen LogP contribution in [0.15, 0.2) is 44.8 Å². The van der Waals surface area contributed by atoms with E-state index < -0.39 is 22.4 Å². The zero-order valence-electron chi connectivity index (χ0n) is 14.4. The van der Waals surface area contributed by atoms with Crippen molar-refractivity contribution in [3.05, 3.63) is 62.8 Å². The third-order valence-electron chi connectivity index (χ3n) is 3.59. The van der Waals surface area contributed by atoms with Crippen LogP contribution in [0.4, 0.5) is 10.1 Å². The van der Waals surface area contributed by atoms with Crippen molar-refractivity contribution in [2.75, 3.05) is 0 Å². The molecule has 0 spiro atoms. The van der Waals surface area contributed by atoms with Crippen molar-refractivity contribution >= 4 is 29.5 Å². The Balaban J connectivity index is 1.88. The van der Waals surface area contributed by atoms with Gasteiger partial charge in [0.2, 0.25) is 11.0 Å². The SMILES string of the molecule is CCc1nc(S/C(=C\c2ccc(-c3ccc(F)c([N+](=O)[O-])c3)o2)C(=O)O)n[nH]1. The van der Waals surface area contributed by atoms with Gasteiger partial charge in [0.1, 0.15) is 22.3 Å². The van der Waals surface area contributed by atoms with Gasteiger partial charge >= 0.3 is 11.7 Å². The molecule has 0 aliphatic carbocycles. The zero-order chi connectivity index (χ0) is 20.3. The number of aromatic nitrogens is 3. The monoisotopic (exact) mass is 404 g/mol. The lowest BCUT2D eigenvalue weighted by Gasteiger charge is -1.99. The molecule has 9 nitrogen and oxygen atoms in total. The van der Waals surface area contributed by atoms with Crippen molar-refractivity contribution in [3.63, 3.8) is 0 Å². The predicted molar refractivity (Wildman–Crippen MR) is 98.0 cm³/mol. The summed E-state index contributed by atoms with van der Waals surface area (Å²) in [6.07, 6.45) is 1.92. The van der Waals surface area contributed by atoms with Crippen molar-refractivity contribution in [1.82, 2.24) is 15.2 Å². The van der Waals surface area contributed by atoms with Crippen LogP contribution in [-0.4, -0.2) is 31.2 Å². The number of hydrogen-bond acceptors (Lipinski definition) is 7. The van der Waals surface area contributed by atoms with Gasteiger partial charge in [0.05, 0.1) is 4.92 Å². The van der Waals surface area contributed by atoms with E-state index in [9.17, 15) is 24.4 Å². The lowest BCUT2D eigenvalue weighted by Crippen LogP contribution is -1.97. The number of carboxylic acids is 1. The molecule has 0 atom stereocenters. The maximum atomic E-state index is 13.5. The molecule has 28 heavy (non-hydrogen) atoms. The molecule has 0 bridgehead atoms. The summed E-state index contributed by atoms with van der Waals surface area (Å²) < 4.78 is 19.0. The lowest BCUT2D eigenvalue weighted by atomic mass is 10.1.